The van der Waals surface area contributed by atoms with Gasteiger partial charge in [-0.1, -0.05) is 36.3 Å². The third-order valence-corrected chi connectivity index (χ3v) is 4.32. The summed E-state index contributed by atoms with van der Waals surface area (Å²) in [5, 5.41) is 5.98. The monoisotopic (exact) mass is 370 g/mol. The molecule has 0 bridgehead atoms. The van der Waals surface area contributed by atoms with Gasteiger partial charge >= 0.3 is 0 Å². The Morgan fingerprint density at radius 2 is 1.93 bits per heavy atom. The minimum atomic E-state index is -0.205. The molecule has 0 fully saturated rings. The Balaban J connectivity index is 1.73. The predicted molar refractivity (Wildman–Crippen MR) is 114 cm³/mol. The lowest BCUT2D eigenvalue weighted by Gasteiger charge is -2.10. The van der Waals surface area contributed by atoms with Crippen molar-refractivity contribution in [3.63, 3.8) is 0 Å². The summed E-state index contributed by atoms with van der Waals surface area (Å²) < 4.78 is 0. The number of carbonyl (C=O) groups excluding carboxylic acids is 1. The van der Waals surface area contributed by atoms with Crippen LogP contribution in [-0.4, -0.2) is 17.4 Å². The highest BCUT2D eigenvalue weighted by molar-refractivity contribution is 6.05. The van der Waals surface area contributed by atoms with Gasteiger partial charge in [-0.05, 0) is 42.3 Å². The van der Waals surface area contributed by atoms with E-state index in [1.165, 1.54) is 0 Å². The SMILES string of the molecule is C#CCNCc1cnc(-c2ccc(C(=O)Nc3ccccc3N)cc2)c(C)c1. The van der Waals surface area contributed by atoms with Gasteiger partial charge in [0.2, 0.25) is 0 Å². The summed E-state index contributed by atoms with van der Waals surface area (Å²) in [5.41, 5.74) is 11.5. The van der Waals surface area contributed by atoms with Gasteiger partial charge in [0.05, 0.1) is 23.6 Å². The summed E-state index contributed by atoms with van der Waals surface area (Å²) in [6.07, 6.45) is 7.08. The molecule has 4 N–H and O–H groups in total. The minimum Gasteiger partial charge on any atom is -0.397 e. The Bertz CT molecular complexity index is 1020. The maximum Gasteiger partial charge on any atom is 0.255 e. The van der Waals surface area contributed by atoms with Crippen molar-refractivity contribution in [2.24, 2.45) is 0 Å². The summed E-state index contributed by atoms with van der Waals surface area (Å²) in [7, 11) is 0. The van der Waals surface area contributed by atoms with Crippen molar-refractivity contribution in [3.8, 4) is 23.6 Å². The average molecular weight is 370 g/mol. The number of benzene rings is 2. The molecule has 5 nitrogen and oxygen atoms in total. The fourth-order valence-corrected chi connectivity index (χ4v) is 2.90. The van der Waals surface area contributed by atoms with Gasteiger partial charge in [0, 0.05) is 23.9 Å². The Hall–Kier alpha value is -3.62. The number of nitrogens with two attached hydrogens (primary N) is 1. The lowest BCUT2D eigenvalue weighted by Crippen LogP contribution is -2.13. The van der Waals surface area contributed by atoms with Crippen LogP contribution in [0, 0.1) is 19.3 Å². The number of hydrogen-bond acceptors (Lipinski definition) is 4. The van der Waals surface area contributed by atoms with E-state index < -0.39 is 0 Å². The van der Waals surface area contributed by atoms with E-state index in [9.17, 15) is 4.79 Å². The van der Waals surface area contributed by atoms with Crippen molar-refractivity contribution < 1.29 is 4.79 Å². The number of nitrogens with zero attached hydrogens (tertiary/aromatic N) is 1. The molecule has 1 aromatic heterocycles. The molecule has 0 aliphatic rings. The van der Waals surface area contributed by atoms with Crippen molar-refractivity contribution in [1.29, 1.82) is 0 Å². The average Bonchev–Trinajstić information content (AvgIpc) is 2.70. The van der Waals surface area contributed by atoms with Crippen molar-refractivity contribution in [3.05, 3.63) is 77.5 Å². The van der Waals surface area contributed by atoms with E-state index in [4.69, 9.17) is 12.2 Å². The second-order valence-electron chi connectivity index (χ2n) is 6.44. The predicted octanol–water partition coefficient (Wildman–Crippen LogP) is 3.61. The van der Waals surface area contributed by atoms with Crippen LogP contribution in [0.2, 0.25) is 0 Å². The molecule has 0 aliphatic carbocycles. The highest BCUT2D eigenvalue weighted by Gasteiger charge is 2.10. The molecule has 28 heavy (non-hydrogen) atoms. The number of anilines is 2. The third-order valence-electron chi connectivity index (χ3n) is 4.32. The molecule has 0 saturated carbocycles. The van der Waals surface area contributed by atoms with Gasteiger partial charge in [-0.25, -0.2) is 0 Å². The molecular weight excluding hydrogens is 348 g/mol. The number of rotatable bonds is 6. The summed E-state index contributed by atoms with van der Waals surface area (Å²) in [5.74, 6) is 2.35. The minimum absolute atomic E-state index is 0.205. The summed E-state index contributed by atoms with van der Waals surface area (Å²) in [6.45, 7) is 3.23. The zero-order chi connectivity index (χ0) is 19.9. The van der Waals surface area contributed by atoms with E-state index in [-0.39, 0.29) is 5.91 Å². The number of nitrogen functional groups attached to an aromatic ring is 1. The van der Waals surface area contributed by atoms with Crippen LogP contribution in [0.25, 0.3) is 11.3 Å². The molecule has 0 aliphatic heterocycles. The molecule has 0 spiro atoms. The van der Waals surface area contributed by atoms with Crippen molar-refractivity contribution >= 4 is 17.3 Å². The van der Waals surface area contributed by atoms with E-state index in [2.05, 4.69) is 27.6 Å². The smallest absolute Gasteiger partial charge is 0.255 e. The van der Waals surface area contributed by atoms with Crippen molar-refractivity contribution in [2.45, 2.75) is 13.5 Å². The Morgan fingerprint density at radius 3 is 2.61 bits per heavy atom. The van der Waals surface area contributed by atoms with Crippen LogP contribution in [-0.2, 0) is 6.54 Å². The molecule has 3 rings (SSSR count). The fraction of sp³-hybridized carbons (Fsp3) is 0.130. The normalized spacial score (nSPS) is 10.3. The second-order valence-corrected chi connectivity index (χ2v) is 6.44. The van der Waals surface area contributed by atoms with Gasteiger partial charge in [-0.2, -0.15) is 0 Å². The lowest BCUT2D eigenvalue weighted by atomic mass is 10.0. The molecule has 2 aromatic carbocycles. The summed E-state index contributed by atoms with van der Waals surface area (Å²) >= 11 is 0. The number of amides is 1. The number of nitrogens with one attached hydrogen (secondary N) is 2. The number of aryl methyl sites for hydroxylation is 1. The van der Waals surface area contributed by atoms with Crippen molar-refractivity contribution in [1.82, 2.24) is 10.3 Å². The Morgan fingerprint density at radius 1 is 1.18 bits per heavy atom. The lowest BCUT2D eigenvalue weighted by molar-refractivity contribution is 0.102. The maximum absolute atomic E-state index is 12.4. The topological polar surface area (TPSA) is 80.0 Å². The van der Waals surface area contributed by atoms with Crippen molar-refractivity contribution in [2.75, 3.05) is 17.6 Å². The molecule has 140 valence electrons. The fourth-order valence-electron chi connectivity index (χ4n) is 2.90. The second kappa shape index (κ2) is 8.85. The number of hydrogen-bond donors (Lipinski definition) is 3. The zero-order valence-corrected chi connectivity index (χ0v) is 15.7. The van der Waals surface area contributed by atoms with Gasteiger partial charge in [-0.3, -0.25) is 9.78 Å². The first-order valence-corrected chi connectivity index (χ1v) is 8.94. The largest absolute Gasteiger partial charge is 0.397 e. The quantitative estimate of drug-likeness (QED) is 0.352. The van der Waals surface area contributed by atoms with Crippen LogP contribution in [0.1, 0.15) is 21.5 Å². The van der Waals surface area contributed by atoms with Crippen LogP contribution in [0.15, 0.2) is 60.8 Å². The standard InChI is InChI=1S/C23H22N4O/c1-3-12-25-14-17-13-16(2)22(26-15-17)18-8-10-19(11-9-18)23(28)27-21-7-5-4-6-20(21)24/h1,4-11,13,15,25H,12,14,24H2,2H3,(H,27,28). The van der Waals surface area contributed by atoms with Gasteiger partial charge in [0.1, 0.15) is 0 Å². The molecular formula is C23H22N4O. The first-order valence-electron chi connectivity index (χ1n) is 8.94. The Kier molecular flexibility index (Phi) is 6.05. The number of pyridine rings is 1. The third kappa shape index (κ3) is 4.56. The van der Waals surface area contributed by atoms with Crippen LogP contribution in [0.5, 0.6) is 0 Å². The van der Waals surface area contributed by atoms with Gasteiger partial charge in [-0.15, -0.1) is 6.42 Å². The van der Waals surface area contributed by atoms with E-state index in [1.807, 2.05) is 37.4 Å². The molecule has 0 saturated heterocycles. The first-order chi connectivity index (χ1) is 13.6. The van der Waals surface area contributed by atoms with E-state index >= 15 is 0 Å². The number of carbonyl (C=O) groups is 1. The molecule has 0 unspecified atom stereocenters. The van der Waals surface area contributed by atoms with Crippen LogP contribution < -0.4 is 16.4 Å². The molecule has 0 atom stereocenters. The molecule has 1 amide bonds. The molecule has 1 heterocycles. The summed E-state index contributed by atoms with van der Waals surface area (Å²) in [4.78, 5) is 17.0. The van der Waals surface area contributed by atoms with E-state index in [0.717, 1.165) is 22.4 Å². The Labute approximate surface area is 165 Å². The van der Waals surface area contributed by atoms with Crippen LogP contribution in [0.3, 0.4) is 0 Å². The molecule has 0 radical (unpaired) electrons. The van der Waals surface area contributed by atoms with E-state index in [1.54, 1.807) is 24.3 Å². The highest BCUT2D eigenvalue weighted by atomic mass is 16.1. The first kappa shape index (κ1) is 19.2. The number of aromatic nitrogens is 1. The highest BCUT2D eigenvalue weighted by Crippen LogP contribution is 2.23. The molecule has 3 aromatic rings. The van der Waals surface area contributed by atoms with E-state index in [0.29, 0.717) is 30.0 Å². The van der Waals surface area contributed by atoms with Gasteiger partial charge in [0.25, 0.3) is 5.91 Å². The van der Waals surface area contributed by atoms with Crippen LogP contribution >= 0.6 is 0 Å². The van der Waals surface area contributed by atoms with Gasteiger partial charge < -0.3 is 16.4 Å². The van der Waals surface area contributed by atoms with Crippen LogP contribution in [0.4, 0.5) is 11.4 Å². The molecule has 5 heteroatoms. The zero-order valence-electron chi connectivity index (χ0n) is 15.7. The summed E-state index contributed by atoms with van der Waals surface area (Å²) in [6, 6.07) is 16.6. The number of para-hydroxylation sites is 2. The van der Waals surface area contributed by atoms with Gasteiger partial charge in [0.15, 0.2) is 0 Å². The number of terminal acetylenes is 1. The maximum atomic E-state index is 12.4.